The van der Waals surface area contributed by atoms with Crippen molar-refractivity contribution in [1.29, 1.82) is 0 Å². The van der Waals surface area contributed by atoms with Gasteiger partial charge in [-0.1, -0.05) is 12.8 Å². The molecule has 0 aromatic heterocycles. The van der Waals surface area contributed by atoms with E-state index in [9.17, 15) is 0 Å². The number of nitrogens with zero attached hydrogens (tertiary/aromatic N) is 3. The Hall–Kier alpha value is -0.810. The first-order chi connectivity index (χ1) is 11.7. The van der Waals surface area contributed by atoms with Crippen LogP contribution in [-0.2, 0) is 0 Å². The molecule has 0 aromatic carbocycles. The minimum Gasteiger partial charge on any atom is -0.357 e. The van der Waals surface area contributed by atoms with Gasteiger partial charge in [-0.2, -0.15) is 0 Å². The molecule has 0 radical (unpaired) electrons. The minimum atomic E-state index is 0.520. The maximum Gasteiger partial charge on any atom is 0.191 e. The topological polar surface area (TPSA) is 42.9 Å². The van der Waals surface area contributed by atoms with Gasteiger partial charge < -0.3 is 10.6 Å². The van der Waals surface area contributed by atoms with Gasteiger partial charge in [-0.15, -0.1) is 0 Å². The van der Waals surface area contributed by atoms with E-state index < -0.39 is 0 Å². The first-order valence-electron chi connectivity index (χ1n) is 10.2. The molecule has 138 valence electrons. The monoisotopic (exact) mass is 335 g/mol. The fourth-order valence-corrected chi connectivity index (χ4v) is 4.21. The number of likely N-dealkylation sites (N-methyl/N-ethyl adjacent to an activating group) is 1. The summed E-state index contributed by atoms with van der Waals surface area (Å²) in [7, 11) is 2.24. The molecule has 3 rings (SSSR count). The molecule has 0 amide bonds. The molecule has 1 saturated heterocycles. The largest absolute Gasteiger partial charge is 0.357 e. The third-order valence-electron chi connectivity index (χ3n) is 6.08. The molecular formula is C19H37N5. The zero-order chi connectivity index (χ0) is 16.9. The van der Waals surface area contributed by atoms with Crippen LogP contribution in [0.2, 0.25) is 0 Å². The summed E-state index contributed by atoms with van der Waals surface area (Å²) in [5.41, 5.74) is 0. The number of rotatable bonds is 7. The Bertz CT molecular complexity index is 414. The highest BCUT2D eigenvalue weighted by Gasteiger charge is 2.31. The van der Waals surface area contributed by atoms with Crippen LogP contribution in [0.15, 0.2) is 4.99 Å². The number of nitrogens with one attached hydrogen (secondary N) is 2. The molecule has 1 heterocycles. The number of guanidine groups is 1. The van der Waals surface area contributed by atoms with Crippen molar-refractivity contribution in [2.45, 2.75) is 83.0 Å². The van der Waals surface area contributed by atoms with Gasteiger partial charge in [0.2, 0.25) is 0 Å². The number of hydrogen-bond acceptors (Lipinski definition) is 3. The van der Waals surface area contributed by atoms with Crippen LogP contribution in [0.25, 0.3) is 0 Å². The van der Waals surface area contributed by atoms with E-state index in [1.807, 2.05) is 0 Å². The summed E-state index contributed by atoms with van der Waals surface area (Å²) in [4.78, 5) is 10.1. The summed E-state index contributed by atoms with van der Waals surface area (Å²) in [6.07, 6.45) is 9.64. The Kier molecular flexibility index (Phi) is 6.39. The Labute approximate surface area is 148 Å². The van der Waals surface area contributed by atoms with E-state index in [4.69, 9.17) is 4.99 Å². The molecule has 0 spiro atoms. The Morgan fingerprint density at radius 2 is 1.96 bits per heavy atom. The van der Waals surface area contributed by atoms with Crippen molar-refractivity contribution >= 4 is 5.96 Å². The zero-order valence-electron chi connectivity index (χ0n) is 15.9. The summed E-state index contributed by atoms with van der Waals surface area (Å²) in [6.45, 7) is 8.69. The van der Waals surface area contributed by atoms with Crippen LogP contribution in [0, 0.1) is 0 Å². The van der Waals surface area contributed by atoms with Gasteiger partial charge >= 0.3 is 0 Å². The van der Waals surface area contributed by atoms with E-state index in [1.165, 1.54) is 58.0 Å². The second kappa shape index (κ2) is 8.52. The smallest absolute Gasteiger partial charge is 0.191 e. The molecule has 3 fully saturated rings. The number of likely N-dealkylation sites (tertiary alicyclic amines) is 1. The van der Waals surface area contributed by atoms with Crippen LogP contribution in [0.5, 0.6) is 0 Å². The number of hydrogen-bond donors (Lipinski definition) is 2. The molecule has 1 aliphatic heterocycles. The summed E-state index contributed by atoms with van der Waals surface area (Å²) in [6, 6.07) is 2.73. The molecule has 2 atom stereocenters. The maximum absolute atomic E-state index is 4.86. The SMILES string of the molecule is CCNC(=NCC(C)N(C)C1CC1)NC1CCN(C2CCCC2)C1. The normalized spacial score (nSPS) is 27.8. The van der Waals surface area contributed by atoms with Gasteiger partial charge in [0.15, 0.2) is 5.96 Å². The zero-order valence-corrected chi connectivity index (χ0v) is 15.9. The molecule has 5 nitrogen and oxygen atoms in total. The van der Waals surface area contributed by atoms with Gasteiger partial charge in [0, 0.05) is 43.8 Å². The van der Waals surface area contributed by atoms with E-state index in [1.54, 1.807) is 0 Å². The fraction of sp³-hybridized carbons (Fsp3) is 0.947. The highest BCUT2D eigenvalue weighted by molar-refractivity contribution is 5.80. The molecular weight excluding hydrogens is 298 g/mol. The lowest BCUT2D eigenvalue weighted by Gasteiger charge is -2.25. The molecule has 24 heavy (non-hydrogen) atoms. The van der Waals surface area contributed by atoms with Crippen molar-refractivity contribution in [2.75, 3.05) is 33.2 Å². The van der Waals surface area contributed by atoms with Gasteiger partial charge in [-0.25, -0.2) is 0 Å². The Morgan fingerprint density at radius 3 is 2.62 bits per heavy atom. The molecule has 2 N–H and O–H groups in total. The predicted molar refractivity (Wildman–Crippen MR) is 102 cm³/mol. The predicted octanol–water partition coefficient (Wildman–Crippen LogP) is 2.04. The summed E-state index contributed by atoms with van der Waals surface area (Å²) in [5, 5.41) is 7.12. The Balaban J connectivity index is 1.47. The molecule has 2 unspecified atom stereocenters. The lowest BCUT2D eigenvalue weighted by molar-refractivity contribution is 0.242. The fourth-order valence-electron chi connectivity index (χ4n) is 4.21. The van der Waals surface area contributed by atoms with Crippen molar-refractivity contribution in [2.24, 2.45) is 4.99 Å². The highest BCUT2D eigenvalue weighted by atomic mass is 15.3. The standard InChI is InChI=1S/C19H37N5/c1-4-20-19(21-13-15(2)23(3)17-9-10-17)22-16-11-12-24(14-16)18-7-5-6-8-18/h15-18H,4-14H2,1-3H3,(H2,20,21,22). The van der Waals surface area contributed by atoms with Crippen LogP contribution in [0.4, 0.5) is 0 Å². The van der Waals surface area contributed by atoms with E-state index in [0.717, 1.165) is 31.1 Å². The lowest BCUT2D eigenvalue weighted by atomic mass is 10.2. The van der Waals surface area contributed by atoms with Crippen LogP contribution in [-0.4, -0.2) is 73.2 Å². The summed E-state index contributed by atoms with van der Waals surface area (Å²) in [5.74, 6) is 1.01. The van der Waals surface area contributed by atoms with E-state index >= 15 is 0 Å². The van der Waals surface area contributed by atoms with E-state index in [0.29, 0.717) is 12.1 Å². The molecule has 3 aliphatic rings. The third kappa shape index (κ3) is 4.85. The highest BCUT2D eigenvalue weighted by Crippen LogP contribution is 2.27. The average Bonchev–Trinajstić information content (AvgIpc) is 3.08. The molecule has 5 heteroatoms. The average molecular weight is 336 g/mol. The van der Waals surface area contributed by atoms with Crippen molar-refractivity contribution in [3.05, 3.63) is 0 Å². The van der Waals surface area contributed by atoms with Gasteiger partial charge in [0.25, 0.3) is 0 Å². The maximum atomic E-state index is 4.86. The molecule has 2 aliphatic carbocycles. The van der Waals surface area contributed by atoms with Crippen LogP contribution in [0.3, 0.4) is 0 Å². The second-order valence-corrected chi connectivity index (χ2v) is 8.03. The first-order valence-corrected chi connectivity index (χ1v) is 10.2. The lowest BCUT2D eigenvalue weighted by Crippen LogP contribution is -2.46. The van der Waals surface area contributed by atoms with Crippen molar-refractivity contribution in [3.8, 4) is 0 Å². The first kappa shape index (κ1) is 18.0. The molecule has 2 saturated carbocycles. The van der Waals surface area contributed by atoms with E-state index in [2.05, 4.69) is 41.3 Å². The van der Waals surface area contributed by atoms with Crippen LogP contribution < -0.4 is 10.6 Å². The van der Waals surface area contributed by atoms with Crippen LogP contribution in [0.1, 0.15) is 58.8 Å². The van der Waals surface area contributed by atoms with Crippen LogP contribution >= 0.6 is 0 Å². The van der Waals surface area contributed by atoms with Gasteiger partial charge in [0.1, 0.15) is 0 Å². The van der Waals surface area contributed by atoms with Crippen molar-refractivity contribution in [3.63, 3.8) is 0 Å². The minimum absolute atomic E-state index is 0.520. The van der Waals surface area contributed by atoms with Gasteiger partial charge in [-0.05, 0) is 53.0 Å². The number of aliphatic imine (C=N–C) groups is 1. The van der Waals surface area contributed by atoms with Gasteiger partial charge in [-0.3, -0.25) is 14.8 Å². The summed E-state index contributed by atoms with van der Waals surface area (Å²) < 4.78 is 0. The molecule has 0 bridgehead atoms. The second-order valence-electron chi connectivity index (χ2n) is 8.03. The van der Waals surface area contributed by atoms with Crippen molar-refractivity contribution in [1.82, 2.24) is 20.4 Å². The third-order valence-corrected chi connectivity index (χ3v) is 6.08. The molecule has 0 aromatic rings. The van der Waals surface area contributed by atoms with Crippen molar-refractivity contribution < 1.29 is 0 Å². The quantitative estimate of drug-likeness (QED) is 0.552. The van der Waals surface area contributed by atoms with Gasteiger partial charge in [0.05, 0.1) is 6.54 Å². The summed E-state index contributed by atoms with van der Waals surface area (Å²) >= 11 is 0. The Morgan fingerprint density at radius 1 is 1.21 bits per heavy atom. The van der Waals surface area contributed by atoms with E-state index in [-0.39, 0.29) is 0 Å².